The first kappa shape index (κ1) is 16.2. The zero-order valence-corrected chi connectivity index (χ0v) is 14.7. The van der Waals surface area contributed by atoms with Crippen molar-refractivity contribution in [1.29, 1.82) is 0 Å². The van der Waals surface area contributed by atoms with Gasteiger partial charge in [0.05, 0.1) is 24.1 Å². The number of esters is 1. The molecule has 0 unspecified atom stereocenters. The number of nitrogens with zero attached hydrogens (tertiary/aromatic N) is 1. The molecule has 0 saturated carbocycles. The van der Waals surface area contributed by atoms with Gasteiger partial charge in [0.15, 0.2) is 5.13 Å². The quantitative estimate of drug-likeness (QED) is 0.572. The molecule has 0 spiro atoms. The van der Waals surface area contributed by atoms with E-state index in [9.17, 15) is 13.2 Å². The number of carbonyl (C=O) groups is 1. The van der Waals surface area contributed by atoms with Crippen LogP contribution < -0.4 is 4.72 Å². The van der Waals surface area contributed by atoms with Gasteiger partial charge in [-0.2, -0.15) is 0 Å². The lowest BCUT2D eigenvalue weighted by atomic mass is 10.3. The monoisotopic (exact) mass is 438 g/mol. The van der Waals surface area contributed by atoms with Crippen LogP contribution in [0.5, 0.6) is 0 Å². The first-order valence-corrected chi connectivity index (χ1v) is 9.14. The van der Waals surface area contributed by atoms with E-state index in [0.29, 0.717) is 5.69 Å². The second-order valence-electron chi connectivity index (χ2n) is 3.96. The van der Waals surface area contributed by atoms with Crippen LogP contribution in [-0.2, 0) is 26.0 Å². The van der Waals surface area contributed by atoms with Gasteiger partial charge in [-0.15, -0.1) is 11.3 Å². The summed E-state index contributed by atoms with van der Waals surface area (Å²) in [5.74, 6) is -0.424. The largest absolute Gasteiger partial charge is 0.469 e. The maximum Gasteiger partial charge on any atom is 0.311 e. The summed E-state index contributed by atoms with van der Waals surface area (Å²) in [7, 11) is -2.39. The minimum Gasteiger partial charge on any atom is -0.469 e. The van der Waals surface area contributed by atoms with E-state index >= 15 is 0 Å². The maximum atomic E-state index is 12.2. The molecule has 1 aromatic heterocycles. The predicted molar refractivity (Wildman–Crippen MR) is 87.8 cm³/mol. The highest BCUT2D eigenvalue weighted by Crippen LogP contribution is 2.21. The molecule has 0 aliphatic rings. The molecule has 0 aliphatic heterocycles. The highest BCUT2D eigenvalue weighted by molar-refractivity contribution is 14.1. The standard InChI is InChI=1S/C12H11IN2O4S2/c1-19-11(16)6-9-7-20-12(14-9)15-21(17,18)10-4-2-8(13)3-5-10/h2-5,7H,6H2,1H3,(H,14,15). The summed E-state index contributed by atoms with van der Waals surface area (Å²) < 4.78 is 32.2. The Morgan fingerprint density at radius 2 is 2.05 bits per heavy atom. The highest BCUT2D eigenvalue weighted by Gasteiger charge is 2.16. The molecule has 1 aromatic carbocycles. The minimum atomic E-state index is -3.67. The van der Waals surface area contributed by atoms with E-state index < -0.39 is 16.0 Å². The second-order valence-corrected chi connectivity index (χ2v) is 7.74. The maximum absolute atomic E-state index is 12.2. The van der Waals surface area contributed by atoms with E-state index in [0.717, 1.165) is 14.9 Å². The van der Waals surface area contributed by atoms with Crippen LogP contribution in [0.3, 0.4) is 0 Å². The number of nitrogens with one attached hydrogen (secondary N) is 1. The van der Waals surface area contributed by atoms with Crippen LogP contribution in [0.1, 0.15) is 5.69 Å². The Morgan fingerprint density at radius 3 is 2.67 bits per heavy atom. The average molecular weight is 438 g/mol. The fourth-order valence-corrected chi connectivity index (χ4v) is 3.77. The average Bonchev–Trinajstić information content (AvgIpc) is 2.85. The zero-order chi connectivity index (χ0) is 15.5. The van der Waals surface area contributed by atoms with E-state index in [1.54, 1.807) is 17.5 Å². The molecule has 0 radical (unpaired) electrons. The molecule has 2 rings (SSSR count). The van der Waals surface area contributed by atoms with Crippen molar-refractivity contribution in [3.63, 3.8) is 0 Å². The summed E-state index contributed by atoms with van der Waals surface area (Å²) in [5.41, 5.74) is 0.465. The van der Waals surface area contributed by atoms with Crippen LogP contribution in [0, 0.1) is 3.57 Å². The first-order chi connectivity index (χ1) is 9.90. The third-order valence-electron chi connectivity index (χ3n) is 2.45. The third kappa shape index (κ3) is 4.38. The molecule has 0 saturated heterocycles. The van der Waals surface area contributed by atoms with Gasteiger partial charge >= 0.3 is 5.97 Å². The lowest BCUT2D eigenvalue weighted by Gasteiger charge is -2.04. The molecule has 0 fully saturated rings. The van der Waals surface area contributed by atoms with Crippen molar-refractivity contribution < 1.29 is 17.9 Å². The molecule has 0 bridgehead atoms. The third-order valence-corrected chi connectivity index (χ3v) is 5.46. The predicted octanol–water partition coefficient (Wildman–Crippen LogP) is 2.26. The molecule has 6 nitrogen and oxygen atoms in total. The van der Waals surface area contributed by atoms with Gasteiger partial charge < -0.3 is 4.74 Å². The fraction of sp³-hybridized carbons (Fsp3) is 0.167. The number of sulfonamides is 1. The molecule has 21 heavy (non-hydrogen) atoms. The summed E-state index contributed by atoms with van der Waals surface area (Å²) in [6.07, 6.45) is 0.0122. The molecule has 1 N–H and O–H groups in total. The Balaban J connectivity index is 2.14. The van der Waals surface area contributed by atoms with Gasteiger partial charge in [-0.25, -0.2) is 13.4 Å². The van der Waals surface area contributed by atoms with Crippen LogP contribution in [0.25, 0.3) is 0 Å². The van der Waals surface area contributed by atoms with E-state index in [2.05, 4.69) is 37.0 Å². The molecular weight excluding hydrogens is 427 g/mol. The summed E-state index contributed by atoms with van der Waals surface area (Å²) in [6.45, 7) is 0. The first-order valence-electron chi connectivity index (χ1n) is 5.70. The number of ether oxygens (including phenoxy) is 1. The van der Waals surface area contributed by atoms with E-state index in [4.69, 9.17) is 0 Å². The molecule has 0 aliphatic carbocycles. The topological polar surface area (TPSA) is 85.4 Å². The number of hydrogen-bond acceptors (Lipinski definition) is 6. The van der Waals surface area contributed by atoms with Crippen molar-refractivity contribution in [2.24, 2.45) is 0 Å². The summed E-state index contributed by atoms with van der Waals surface area (Å²) >= 11 is 3.21. The number of benzene rings is 1. The minimum absolute atomic E-state index is 0.0122. The molecule has 0 amide bonds. The number of methoxy groups -OCH3 is 1. The van der Waals surface area contributed by atoms with Gasteiger partial charge in [-0.1, -0.05) is 0 Å². The lowest BCUT2D eigenvalue weighted by molar-refractivity contribution is -0.139. The van der Waals surface area contributed by atoms with E-state index in [1.807, 2.05) is 0 Å². The molecular formula is C12H11IN2O4S2. The number of carbonyl (C=O) groups excluding carboxylic acids is 1. The van der Waals surface area contributed by atoms with Crippen LogP contribution >= 0.6 is 33.9 Å². The van der Waals surface area contributed by atoms with Gasteiger partial charge in [0.2, 0.25) is 0 Å². The number of hydrogen-bond donors (Lipinski definition) is 1. The molecule has 2 aromatic rings. The number of rotatable bonds is 5. The van der Waals surface area contributed by atoms with Crippen LogP contribution in [-0.4, -0.2) is 26.5 Å². The second kappa shape index (κ2) is 6.71. The van der Waals surface area contributed by atoms with Crippen molar-refractivity contribution in [3.8, 4) is 0 Å². The van der Waals surface area contributed by atoms with Crippen molar-refractivity contribution in [2.45, 2.75) is 11.3 Å². The Labute approximate surface area is 139 Å². The van der Waals surface area contributed by atoms with E-state index in [1.165, 1.54) is 19.2 Å². The van der Waals surface area contributed by atoms with Gasteiger partial charge in [-0.3, -0.25) is 9.52 Å². The van der Waals surface area contributed by atoms with Crippen molar-refractivity contribution in [1.82, 2.24) is 4.98 Å². The van der Waals surface area contributed by atoms with E-state index in [-0.39, 0.29) is 16.4 Å². The summed E-state index contributed by atoms with van der Waals surface area (Å²) in [6, 6.07) is 6.46. The van der Waals surface area contributed by atoms with Crippen LogP contribution in [0.15, 0.2) is 34.5 Å². The number of anilines is 1. The summed E-state index contributed by atoms with van der Waals surface area (Å²) in [5, 5.41) is 1.83. The smallest absolute Gasteiger partial charge is 0.311 e. The number of halogens is 1. The highest BCUT2D eigenvalue weighted by atomic mass is 127. The van der Waals surface area contributed by atoms with Crippen molar-refractivity contribution in [3.05, 3.63) is 38.9 Å². The number of aromatic nitrogens is 1. The van der Waals surface area contributed by atoms with Crippen LogP contribution in [0.2, 0.25) is 0 Å². The Morgan fingerprint density at radius 1 is 1.38 bits per heavy atom. The van der Waals surface area contributed by atoms with Gasteiger partial charge in [0.1, 0.15) is 0 Å². The number of thiazole rings is 1. The van der Waals surface area contributed by atoms with Crippen LogP contribution in [0.4, 0.5) is 5.13 Å². The van der Waals surface area contributed by atoms with Gasteiger partial charge in [0.25, 0.3) is 10.0 Å². The van der Waals surface area contributed by atoms with Crippen molar-refractivity contribution >= 4 is 55.1 Å². The SMILES string of the molecule is COC(=O)Cc1csc(NS(=O)(=O)c2ccc(I)cc2)n1. The zero-order valence-electron chi connectivity index (χ0n) is 10.9. The molecule has 112 valence electrons. The fourth-order valence-electron chi connectivity index (χ4n) is 1.44. The summed E-state index contributed by atoms with van der Waals surface area (Å²) in [4.78, 5) is 15.3. The Kier molecular flexibility index (Phi) is 5.17. The van der Waals surface area contributed by atoms with Gasteiger partial charge in [0, 0.05) is 8.95 Å². The Bertz CT molecular complexity index is 741. The Hall–Kier alpha value is -1.20. The molecule has 9 heteroatoms. The van der Waals surface area contributed by atoms with Crippen molar-refractivity contribution in [2.75, 3.05) is 11.8 Å². The normalized spacial score (nSPS) is 11.1. The lowest BCUT2D eigenvalue weighted by Crippen LogP contribution is -2.13. The molecule has 1 heterocycles. The van der Waals surface area contributed by atoms with Gasteiger partial charge in [-0.05, 0) is 46.9 Å². The molecule has 0 atom stereocenters.